The number of halogens is 3. The molecule has 0 fully saturated rings. The van der Waals surface area contributed by atoms with E-state index in [1.165, 1.54) is 12.1 Å². The Labute approximate surface area is 115 Å². The standard InChI is InChI=1S/C14H18F3NO2/c1-20-8-2-3-12(18)13(19)9-10-4-6-11(7-5-10)14(15,16)17/h4-7,12H,2-3,8-9,18H2,1H3. The molecule has 1 unspecified atom stereocenters. The van der Waals surface area contributed by atoms with Gasteiger partial charge >= 0.3 is 6.18 Å². The first-order valence-corrected chi connectivity index (χ1v) is 6.28. The fourth-order valence-electron chi connectivity index (χ4n) is 1.75. The number of carbonyl (C=O) groups excluding carboxylic acids is 1. The van der Waals surface area contributed by atoms with E-state index in [0.717, 1.165) is 12.1 Å². The van der Waals surface area contributed by atoms with Crippen molar-refractivity contribution in [2.75, 3.05) is 13.7 Å². The van der Waals surface area contributed by atoms with E-state index in [2.05, 4.69) is 0 Å². The molecule has 20 heavy (non-hydrogen) atoms. The van der Waals surface area contributed by atoms with Gasteiger partial charge in [0.1, 0.15) is 0 Å². The first-order valence-electron chi connectivity index (χ1n) is 6.28. The zero-order valence-corrected chi connectivity index (χ0v) is 11.2. The van der Waals surface area contributed by atoms with Gasteiger partial charge in [-0.25, -0.2) is 0 Å². The van der Waals surface area contributed by atoms with Gasteiger partial charge < -0.3 is 10.5 Å². The molecule has 0 saturated heterocycles. The second kappa shape index (κ2) is 7.40. The van der Waals surface area contributed by atoms with Gasteiger partial charge in [0.25, 0.3) is 0 Å². The number of rotatable bonds is 7. The van der Waals surface area contributed by atoms with E-state index in [0.29, 0.717) is 25.0 Å². The normalized spacial score (nSPS) is 13.2. The van der Waals surface area contributed by atoms with Crippen LogP contribution in [0.1, 0.15) is 24.0 Å². The predicted octanol–water partition coefficient (Wildman–Crippen LogP) is 2.57. The van der Waals surface area contributed by atoms with Crippen LogP contribution in [-0.4, -0.2) is 25.5 Å². The van der Waals surface area contributed by atoms with Crippen molar-refractivity contribution in [2.45, 2.75) is 31.5 Å². The molecule has 0 saturated carbocycles. The predicted molar refractivity (Wildman–Crippen MR) is 69.2 cm³/mol. The Morgan fingerprint density at radius 1 is 1.30 bits per heavy atom. The number of benzene rings is 1. The van der Waals surface area contributed by atoms with Crippen molar-refractivity contribution in [3.8, 4) is 0 Å². The number of ether oxygens (including phenoxy) is 1. The molecule has 0 aliphatic carbocycles. The molecule has 1 atom stereocenters. The largest absolute Gasteiger partial charge is 0.416 e. The highest BCUT2D eigenvalue weighted by molar-refractivity contribution is 5.85. The molecule has 6 heteroatoms. The third kappa shape index (κ3) is 5.30. The fourth-order valence-corrected chi connectivity index (χ4v) is 1.75. The lowest BCUT2D eigenvalue weighted by Crippen LogP contribution is -2.32. The summed E-state index contributed by atoms with van der Waals surface area (Å²) in [5.74, 6) is -0.180. The first-order chi connectivity index (χ1) is 9.34. The summed E-state index contributed by atoms with van der Waals surface area (Å²) in [5.41, 5.74) is 5.53. The Morgan fingerprint density at radius 3 is 2.40 bits per heavy atom. The number of carbonyl (C=O) groups is 1. The second-order valence-corrected chi connectivity index (χ2v) is 4.58. The van der Waals surface area contributed by atoms with Crippen LogP contribution in [0.15, 0.2) is 24.3 Å². The van der Waals surface area contributed by atoms with Crippen LogP contribution in [0.4, 0.5) is 13.2 Å². The molecule has 1 rings (SSSR count). The number of hydrogen-bond donors (Lipinski definition) is 1. The smallest absolute Gasteiger partial charge is 0.385 e. The average Bonchev–Trinajstić information content (AvgIpc) is 2.38. The van der Waals surface area contributed by atoms with Gasteiger partial charge in [-0.2, -0.15) is 13.2 Å². The monoisotopic (exact) mass is 289 g/mol. The summed E-state index contributed by atoms with van der Waals surface area (Å²) in [6, 6.07) is 3.95. The van der Waals surface area contributed by atoms with Gasteiger partial charge in [-0.3, -0.25) is 4.79 Å². The lowest BCUT2D eigenvalue weighted by molar-refractivity contribution is -0.137. The minimum absolute atomic E-state index is 0.0479. The minimum Gasteiger partial charge on any atom is -0.385 e. The molecule has 0 radical (unpaired) electrons. The Kier molecular flexibility index (Phi) is 6.16. The van der Waals surface area contributed by atoms with E-state index in [4.69, 9.17) is 10.5 Å². The lowest BCUT2D eigenvalue weighted by atomic mass is 10.00. The van der Waals surface area contributed by atoms with Gasteiger partial charge in [0, 0.05) is 20.1 Å². The summed E-state index contributed by atoms with van der Waals surface area (Å²) in [5, 5.41) is 0. The maximum Gasteiger partial charge on any atom is 0.416 e. The van der Waals surface area contributed by atoms with E-state index in [-0.39, 0.29) is 12.2 Å². The Morgan fingerprint density at radius 2 is 1.90 bits per heavy atom. The molecule has 0 aliphatic heterocycles. The van der Waals surface area contributed by atoms with E-state index in [1.54, 1.807) is 7.11 Å². The molecule has 112 valence electrons. The van der Waals surface area contributed by atoms with E-state index < -0.39 is 17.8 Å². The molecule has 0 aromatic heterocycles. The van der Waals surface area contributed by atoms with Gasteiger partial charge in [0.05, 0.1) is 11.6 Å². The maximum absolute atomic E-state index is 12.4. The van der Waals surface area contributed by atoms with E-state index in [9.17, 15) is 18.0 Å². The zero-order chi connectivity index (χ0) is 15.2. The van der Waals surface area contributed by atoms with Gasteiger partial charge in [0.15, 0.2) is 5.78 Å². The first kappa shape index (κ1) is 16.7. The van der Waals surface area contributed by atoms with Crippen molar-refractivity contribution in [3.05, 3.63) is 35.4 Å². The molecular formula is C14H18F3NO2. The van der Waals surface area contributed by atoms with Gasteiger partial charge in [-0.05, 0) is 30.5 Å². The van der Waals surface area contributed by atoms with Crippen LogP contribution in [0.3, 0.4) is 0 Å². The van der Waals surface area contributed by atoms with Crippen LogP contribution >= 0.6 is 0 Å². The van der Waals surface area contributed by atoms with Crippen molar-refractivity contribution in [3.63, 3.8) is 0 Å². The topological polar surface area (TPSA) is 52.3 Å². The second-order valence-electron chi connectivity index (χ2n) is 4.58. The van der Waals surface area contributed by atoms with Crippen molar-refractivity contribution in [1.82, 2.24) is 0 Å². The maximum atomic E-state index is 12.4. The number of nitrogens with two attached hydrogens (primary N) is 1. The van der Waals surface area contributed by atoms with Crippen molar-refractivity contribution in [1.29, 1.82) is 0 Å². The van der Waals surface area contributed by atoms with Crippen LogP contribution in [0, 0.1) is 0 Å². The van der Waals surface area contributed by atoms with Crippen molar-refractivity contribution >= 4 is 5.78 Å². The molecule has 0 spiro atoms. The van der Waals surface area contributed by atoms with E-state index >= 15 is 0 Å². The molecule has 0 amide bonds. The lowest BCUT2D eigenvalue weighted by Gasteiger charge is -2.11. The number of methoxy groups -OCH3 is 1. The molecule has 3 nitrogen and oxygen atoms in total. The van der Waals surface area contributed by atoms with Crippen molar-refractivity contribution < 1.29 is 22.7 Å². The van der Waals surface area contributed by atoms with Crippen LogP contribution in [0.5, 0.6) is 0 Å². The summed E-state index contributed by atoms with van der Waals surface area (Å²) < 4.78 is 42.0. The van der Waals surface area contributed by atoms with E-state index in [1.807, 2.05) is 0 Å². The molecule has 2 N–H and O–H groups in total. The fraction of sp³-hybridized carbons (Fsp3) is 0.500. The summed E-state index contributed by atoms with van der Waals surface area (Å²) in [6.07, 6.45) is -3.13. The Balaban J connectivity index is 2.54. The zero-order valence-electron chi connectivity index (χ0n) is 11.2. The highest BCUT2D eigenvalue weighted by Gasteiger charge is 2.30. The third-order valence-electron chi connectivity index (χ3n) is 2.94. The van der Waals surface area contributed by atoms with Crippen LogP contribution in [0.2, 0.25) is 0 Å². The summed E-state index contributed by atoms with van der Waals surface area (Å²) in [4.78, 5) is 11.8. The number of Topliss-reactive ketones (excluding diaryl/α,β-unsaturated/α-hetero) is 1. The van der Waals surface area contributed by atoms with Crippen molar-refractivity contribution in [2.24, 2.45) is 5.73 Å². The van der Waals surface area contributed by atoms with Crippen LogP contribution in [-0.2, 0) is 22.1 Å². The molecule has 0 bridgehead atoms. The number of alkyl halides is 3. The van der Waals surface area contributed by atoms with Gasteiger partial charge in [-0.1, -0.05) is 12.1 Å². The van der Waals surface area contributed by atoms with Crippen LogP contribution in [0.25, 0.3) is 0 Å². The molecule has 0 aliphatic rings. The SMILES string of the molecule is COCCCC(N)C(=O)Cc1ccc(C(F)(F)F)cc1. The summed E-state index contributed by atoms with van der Waals surface area (Å²) in [6.45, 7) is 0.529. The van der Waals surface area contributed by atoms with Gasteiger partial charge in [-0.15, -0.1) is 0 Å². The Hall–Kier alpha value is -1.40. The van der Waals surface area contributed by atoms with Crippen LogP contribution < -0.4 is 5.73 Å². The summed E-state index contributed by atoms with van der Waals surface area (Å²) in [7, 11) is 1.57. The Bertz CT molecular complexity index is 429. The highest BCUT2D eigenvalue weighted by atomic mass is 19.4. The molecule has 1 aromatic rings. The molecule has 1 aromatic carbocycles. The molecular weight excluding hydrogens is 271 g/mol. The number of ketones is 1. The minimum atomic E-state index is -4.36. The average molecular weight is 289 g/mol. The summed E-state index contributed by atoms with van der Waals surface area (Å²) >= 11 is 0. The third-order valence-corrected chi connectivity index (χ3v) is 2.94. The highest BCUT2D eigenvalue weighted by Crippen LogP contribution is 2.29. The quantitative estimate of drug-likeness (QED) is 0.785. The van der Waals surface area contributed by atoms with Gasteiger partial charge in [0.2, 0.25) is 0 Å². The number of hydrogen-bond acceptors (Lipinski definition) is 3. The molecule has 0 heterocycles.